The van der Waals surface area contributed by atoms with Gasteiger partial charge >= 0.3 is 0 Å². The Morgan fingerprint density at radius 1 is 0.786 bits per heavy atom. The molecule has 3 N–H and O–H groups in total. The number of fused-ring (bicyclic) bond motifs is 1. The van der Waals surface area contributed by atoms with E-state index in [4.69, 9.17) is 10.7 Å². The van der Waals surface area contributed by atoms with E-state index in [1.165, 1.54) is 0 Å². The van der Waals surface area contributed by atoms with Gasteiger partial charge in [0.05, 0.1) is 17.8 Å². The highest BCUT2D eigenvalue weighted by Crippen LogP contribution is 2.30. The van der Waals surface area contributed by atoms with Crippen LogP contribution >= 0.6 is 0 Å². The average Bonchev–Trinajstić information content (AvgIpc) is 2.75. The molecule has 0 amide bonds. The number of hydrogen-bond acceptors (Lipinski definition) is 4. The zero-order chi connectivity index (χ0) is 19.3. The number of phenolic OH excluding ortho intramolecular Hbond substituents is 1. The summed E-state index contributed by atoms with van der Waals surface area (Å²) in [5, 5.41) is 10.9. The summed E-state index contributed by atoms with van der Waals surface area (Å²) in [5.41, 5.74) is 9.88. The first-order chi connectivity index (χ1) is 13.7. The van der Waals surface area contributed by atoms with Gasteiger partial charge in [-0.3, -0.25) is 4.99 Å². The van der Waals surface area contributed by atoms with Crippen molar-refractivity contribution in [2.45, 2.75) is 12.1 Å². The Balaban J connectivity index is 1.70. The fourth-order valence-electron chi connectivity index (χ4n) is 3.27. The lowest BCUT2D eigenvalue weighted by Crippen LogP contribution is -2.18. The molecule has 4 aromatic rings. The molecular formula is C24H21N3O. The first-order valence-corrected chi connectivity index (χ1v) is 9.20. The number of pyridine rings is 1. The monoisotopic (exact) mass is 367 g/mol. The maximum Gasteiger partial charge on any atom is 0.141 e. The van der Waals surface area contributed by atoms with Gasteiger partial charge in [0.2, 0.25) is 0 Å². The molecule has 0 bridgehead atoms. The molecule has 28 heavy (non-hydrogen) atoms. The number of rotatable bonds is 5. The number of para-hydroxylation sites is 1. The molecule has 138 valence electrons. The molecular weight excluding hydrogens is 346 g/mol. The Kier molecular flexibility index (Phi) is 5.13. The van der Waals surface area contributed by atoms with Crippen molar-refractivity contribution in [3.8, 4) is 5.75 Å². The third kappa shape index (κ3) is 3.77. The molecule has 1 aromatic heterocycles. The Morgan fingerprint density at radius 3 is 2.18 bits per heavy atom. The standard InChI is InChI=1S/C24H21N3O/c25-22(17-8-3-1-4-9-17)24(18-10-5-2-6-11-18)26-16-20-15-14-19-12-7-13-21(28)23(19)27-20/h1-16,22,24,28H,25H2/t22-,24-/m1/s1. The van der Waals surface area contributed by atoms with Crippen LogP contribution in [0.25, 0.3) is 10.9 Å². The van der Waals surface area contributed by atoms with Crippen molar-refractivity contribution in [2.75, 3.05) is 0 Å². The molecule has 0 saturated heterocycles. The smallest absolute Gasteiger partial charge is 0.141 e. The van der Waals surface area contributed by atoms with Gasteiger partial charge in [-0.15, -0.1) is 0 Å². The average molecular weight is 367 g/mol. The topological polar surface area (TPSA) is 71.5 Å². The predicted octanol–water partition coefficient (Wildman–Crippen LogP) is 4.80. The first kappa shape index (κ1) is 17.9. The summed E-state index contributed by atoms with van der Waals surface area (Å²) in [7, 11) is 0. The molecule has 0 radical (unpaired) electrons. The number of nitrogens with two attached hydrogens (primary N) is 1. The lowest BCUT2D eigenvalue weighted by molar-refractivity contribution is 0.480. The molecule has 0 spiro atoms. The van der Waals surface area contributed by atoms with Crippen molar-refractivity contribution in [2.24, 2.45) is 10.7 Å². The Bertz CT molecular complexity index is 1090. The van der Waals surface area contributed by atoms with Gasteiger partial charge in [0.1, 0.15) is 11.3 Å². The van der Waals surface area contributed by atoms with Gasteiger partial charge < -0.3 is 10.8 Å². The van der Waals surface area contributed by atoms with Crippen molar-refractivity contribution in [3.05, 3.63) is 108 Å². The molecule has 0 aliphatic heterocycles. The molecule has 0 fully saturated rings. The van der Waals surface area contributed by atoms with Gasteiger partial charge in [0.25, 0.3) is 0 Å². The van der Waals surface area contributed by atoms with Crippen LogP contribution in [0.1, 0.15) is 28.9 Å². The van der Waals surface area contributed by atoms with E-state index in [2.05, 4.69) is 4.98 Å². The van der Waals surface area contributed by atoms with Crippen molar-refractivity contribution < 1.29 is 5.11 Å². The first-order valence-electron chi connectivity index (χ1n) is 9.20. The van der Waals surface area contributed by atoms with E-state index in [1.54, 1.807) is 18.3 Å². The third-order valence-electron chi connectivity index (χ3n) is 4.75. The summed E-state index contributed by atoms with van der Waals surface area (Å²) in [6, 6.07) is 28.6. The Labute approximate surface area is 164 Å². The van der Waals surface area contributed by atoms with Crippen molar-refractivity contribution >= 4 is 17.1 Å². The minimum absolute atomic E-state index is 0.161. The van der Waals surface area contributed by atoms with E-state index in [1.807, 2.05) is 78.9 Å². The number of aromatic hydroxyl groups is 1. The maximum absolute atomic E-state index is 10.1. The van der Waals surface area contributed by atoms with Gasteiger partial charge in [0, 0.05) is 11.6 Å². The fourth-order valence-corrected chi connectivity index (χ4v) is 3.27. The van der Waals surface area contributed by atoms with Crippen molar-refractivity contribution in [1.82, 2.24) is 4.98 Å². The van der Waals surface area contributed by atoms with Crippen LogP contribution in [0, 0.1) is 0 Å². The minimum atomic E-state index is -0.284. The zero-order valence-electron chi connectivity index (χ0n) is 15.3. The Morgan fingerprint density at radius 2 is 1.46 bits per heavy atom. The van der Waals surface area contributed by atoms with Gasteiger partial charge in [-0.25, -0.2) is 4.98 Å². The summed E-state index contributed by atoms with van der Waals surface area (Å²) < 4.78 is 0. The van der Waals surface area contributed by atoms with Gasteiger partial charge in [-0.2, -0.15) is 0 Å². The fraction of sp³-hybridized carbons (Fsp3) is 0.0833. The third-order valence-corrected chi connectivity index (χ3v) is 4.75. The highest BCUT2D eigenvalue weighted by molar-refractivity contribution is 5.88. The number of nitrogens with zero attached hydrogens (tertiary/aromatic N) is 2. The molecule has 4 nitrogen and oxygen atoms in total. The predicted molar refractivity (Wildman–Crippen MR) is 114 cm³/mol. The summed E-state index contributed by atoms with van der Waals surface area (Å²) in [4.78, 5) is 9.32. The van der Waals surface area contributed by atoms with Crippen LogP contribution in [0.5, 0.6) is 5.75 Å². The van der Waals surface area contributed by atoms with Crippen LogP contribution in [0.2, 0.25) is 0 Å². The normalized spacial score (nSPS) is 13.6. The number of aromatic nitrogens is 1. The molecule has 4 heteroatoms. The van der Waals surface area contributed by atoms with Crippen molar-refractivity contribution in [1.29, 1.82) is 0 Å². The van der Waals surface area contributed by atoms with Gasteiger partial charge in [-0.1, -0.05) is 78.9 Å². The minimum Gasteiger partial charge on any atom is -0.506 e. The highest BCUT2D eigenvalue weighted by Gasteiger charge is 2.20. The lowest BCUT2D eigenvalue weighted by Gasteiger charge is -2.21. The van der Waals surface area contributed by atoms with Gasteiger partial charge in [-0.05, 0) is 23.3 Å². The lowest BCUT2D eigenvalue weighted by atomic mass is 9.94. The van der Waals surface area contributed by atoms with Crippen LogP contribution in [-0.2, 0) is 0 Å². The molecule has 4 rings (SSSR count). The van der Waals surface area contributed by atoms with E-state index < -0.39 is 0 Å². The van der Waals surface area contributed by atoms with Crippen LogP contribution in [0.4, 0.5) is 0 Å². The largest absolute Gasteiger partial charge is 0.506 e. The van der Waals surface area contributed by atoms with E-state index in [0.29, 0.717) is 11.2 Å². The van der Waals surface area contributed by atoms with Crippen LogP contribution < -0.4 is 5.73 Å². The van der Waals surface area contributed by atoms with Gasteiger partial charge in [0.15, 0.2) is 0 Å². The summed E-state index contributed by atoms with van der Waals surface area (Å²) in [5.74, 6) is 0.161. The van der Waals surface area contributed by atoms with Crippen molar-refractivity contribution in [3.63, 3.8) is 0 Å². The number of benzene rings is 3. The molecule has 1 heterocycles. The SMILES string of the molecule is N[C@H](c1ccccc1)[C@H](N=Cc1ccc2cccc(O)c2n1)c1ccccc1. The molecule has 0 aliphatic rings. The molecule has 0 saturated carbocycles. The summed E-state index contributed by atoms with van der Waals surface area (Å²) >= 11 is 0. The number of phenols is 1. The van der Waals surface area contributed by atoms with E-state index in [9.17, 15) is 5.11 Å². The van der Waals surface area contributed by atoms with E-state index in [-0.39, 0.29) is 17.8 Å². The number of aliphatic imine (C=N–C) groups is 1. The second kappa shape index (κ2) is 8.03. The van der Waals surface area contributed by atoms with E-state index in [0.717, 1.165) is 16.5 Å². The van der Waals surface area contributed by atoms with Crippen LogP contribution in [0.3, 0.4) is 0 Å². The second-order valence-corrected chi connectivity index (χ2v) is 6.66. The zero-order valence-corrected chi connectivity index (χ0v) is 15.3. The number of hydrogen-bond donors (Lipinski definition) is 2. The molecule has 3 aromatic carbocycles. The maximum atomic E-state index is 10.1. The highest BCUT2D eigenvalue weighted by atomic mass is 16.3. The second-order valence-electron chi connectivity index (χ2n) is 6.66. The molecule has 0 aliphatic carbocycles. The summed E-state index contributed by atoms with van der Waals surface area (Å²) in [6.45, 7) is 0. The quantitative estimate of drug-likeness (QED) is 0.498. The molecule has 0 unspecified atom stereocenters. The van der Waals surface area contributed by atoms with Crippen LogP contribution in [-0.4, -0.2) is 16.3 Å². The summed E-state index contributed by atoms with van der Waals surface area (Å²) in [6.07, 6.45) is 1.73. The Hall–Kier alpha value is -3.50. The van der Waals surface area contributed by atoms with E-state index >= 15 is 0 Å². The molecule has 2 atom stereocenters. The van der Waals surface area contributed by atoms with Crippen LogP contribution in [0.15, 0.2) is 96.0 Å².